The van der Waals surface area contributed by atoms with Gasteiger partial charge in [0.15, 0.2) is 0 Å². The van der Waals surface area contributed by atoms with Crippen molar-refractivity contribution in [3.63, 3.8) is 0 Å². The average molecular weight is 232 g/mol. The van der Waals surface area contributed by atoms with Gasteiger partial charge in [0.1, 0.15) is 5.51 Å². The molecule has 2 heterocycles. The van der Waals surface area contributed by atoms with E-state index in [1.807, 2.05) is 12.1 Å². The molecule has 1 amide bonds. The van der Waals surface area contributed by atoms with E-state index in [4.69, 9.17) is 0 Å². The number of pyridine rings is 1. The fourth-order valence-electron chi connectivity index (χ4n) is 1.02. The maximum atomic E-state index is 11.4. The van der Waals surface area contributed by atoms with Crippen LogP contribution in [0.15, 0.2) is 36.1 Å². The van der Waals surface area contributed by atoms with E-state index in [0.717, 1.165) is 5.56 Å². The van der Waals surface area contributed by atoms with Crippen molar-refractivity contribution < 1.29 is 4.79 Å². The van der Waals surface area contributed by atoms with Gasteiger partial charge in [-0.1, -0.05) is 17.4 Å². The molecule has 1 N–H and O–H groups in total. The molecule has 2 rings (SSSR count). The zero-order valence-electron chi connectivity index (χ0n) is 8.20. The molecule has 6 heteroatoms. The maximum Gasteiger partial charge on any atom is 0.250 e. The Morgan fingerprint density at radius 2 is 2.44 bits per heavy atom. The van der Waals surface area contributed by atoms with Crippen molar-refractivity contribution in [3.8, 4) is 0 Å². The first-order valence-corrected chi connectivity index (χ1v) is 5.38. The molecule has 0 aliphatic heterocycles. The fourth-order valence-corrected chi connectivity index (χ4v) is 1.47. The summed E-state index contributed by atoms with van der Waals surface area (Å²) < 4.78 is 0. The molecule has 80 valence electrons. The van der Waals surface area contributed by atoms with Gasteiger partial charge in [-0.25, -0.2) is 0 Å². The molecular weight excluding hydrogens is 224 g/mol. The van der Waals surface area contributed by atoms with E-state index < -0.39 is 0 Å². The predicted molar refractivity (Wildman–Crippen MR) is 61.8 cm³/mol. The lowest BCUT2D eigenvalue weighted by Crippen LogP contribution is -2.07. The molecule has 0 radical (unpaired) electrons. The highest BCUT2D eigenvalue weighted by molar-refractivity contribution is 7.13. The molecule has 2 aromatic rings. The summed E-state index contributed by atoms with van der Waals surface area (Å²) in [6.07, 6.45) is 6.47. The van der Waals surface area contributed by atoms with E-state index >= 15 is 0 Å². The summed E-state index contributed by atoms with van der Waals surface area (Å²) in [7, 11) is 0. The molecule has 0 aliphatic rings. The van der Waals surface area contributed by atoms with Crippen LogP contribution in [0.3, 0.4) is 0 Å². The highest BCUT2D eigenvalue weighted by Gasteiger charge is 1.99. The molecule has 5 nitrogen and oxygen atoms in total. The lowest BCUT2D eigenvalue weighted by Gasteiger charge is -1.94. The van der Waals surface area contributed by atoms with Gasteiger partial charge < -0.3 is 0 Å². The van der Waals surface area contributed by atoms with Crippen molar-refractivity contribution in [3.05, 3.63) is 41.7 Å². The Hall–Kier alpha value is -2.08. The van der Waals surface area contributed by atoms with Crippen LogP contribution in [0.25, 0.3) is 6.08 Å². The molecule has 0 aliphatic carbocycles. The number of hydrogen-bond acceptors (Lipinski definition) is 5. The molecule has 2 aromatic heterocycles. The minimum Gasteiger partial charge on any atom is -0.297 e. The Morgan fingerprint density at radius 3 is 3.12 bits per heavy atom. The van der Waals surface area contributed by atoms with Crippen LogP contribution < -0.4 is 5.32 Å². The molecule has 0 spiro atoms. The zero-order chi connectivity index (χ0) is 11.2. The Kier molecular flexibility index (Phi) is 3.35. The summed E-state index contributed by atoms with van der Waals surface area (Å²) in [5.74, 6) is -0.236. The molecule has 0 saturated carbocycles. The van der Waals surface area contributed by atoms with Crippen molar-refractivity contribution in [2.45, 2.75) is 0 Å². The number of nitrogens with one attached hydrogen (secondary N) is 1. The van der Waals surface area contributed by atoms with Crippen LogP contribution in [0.4, 0.5) is 5.13 Å². The first-order chi connectivity index (χ1) is 7.84. The van der Waals surface area contributed by atoms with Crippen molar-refractivity contribution in [2.24, 2.45) is 0 Å². The van der Waals surface area contributed by atoms with E-state index in [9.17, 15) is 4.79 Å². The second-order valence-electron chi connectivity index (χ2n) is 2.85. The van der Waals surface area contributed by atoms with Crippen LogP contribution in [0, 0.1) is 0 Å². The average Bonchev–Trinajstić information content (AvgIpc) is 2.81. The SMILES string of the molecule is O=C(C=Cc1cccnc1)Nc1nncs1. The van der Waals surface area contributed by atoms with Crippen molar-refractivity contribution in [1.82, 2.24) is 15.2 Å². The number of amides is 1. The van der Waals surface area contributed by atoms with Gasteiger partial charge in [0.2, 0.25) is 11.0 Å². The van der Waals surface area contributed by atoms with Crippen LogP contribution in [0.5, 0.6) is 0 Å². The third kappa shape index (κ3) is 2.96. The highest BCUT2D eigenvalue weighted by Crippen LogP contribution is 2.08. The molecule has 0 unspecified atom stereocenters. The van der Waals surface area contributed by atoms with Crippen LogP contribution in [-0.2, 0) is 4.79 Å². The van der Waals surface area contributed by atoms with Gasteiger partial charge in [0, 0.05) is 18.5 Å². The predicted octanol–water partition coefficient (Wildman–Crippen LogP) is 1.58. The number of hydrogen-bond donors (Lipinski definition) is 1. The van der Waals surface area contributed by atoms with E-state index in [1.165, 1.54) is 17.4 Å². The van der Waals surface area contributed by atoms with Gasteiger partial charge in [0.25, 0.3) is 0 Å². The number of carbonyl (C=O) groups is 1. The van der Waals surface area contributed by atoms with Gasteiger partial charge in [-0.2, -0.15) is 0 Å². The smallest absolute Gasteiger partial charge is 0.250 e. The van der Waals surface area contributed by atoms with Crippen LogP contribution in [0.2, 0.25) is 0 Å². The van der Waals surface area contributed by atoms with Crippen LogP contribution in [-0.4, -0.2) is 21.1 Å². The minimum atomic E-state index is -0.236. The topological polar surface area (TPSA) is 67.8 Å². The van der Waals surface area contributed by atoms with Gasteiger partial charge in [-0.05, 0) is 17.7 Å². The molecular formula is C10H8N4OS. The summed E-state index contributed by atoms with van der Waals surface area (Å²) in [6.45, 7) is 0. The second-order valence-corrected chi connectivity index (χ2v) is 3.69. The summed E-state index contributed by atoms with van der Waals surface area (Å²) >= 11 is 1.27. The quantitative estimate of drug-likeness (QED) is 0.816. The van der Waals surface area contributed by atoms with Gasteiger partial charge in [0.05, 0.1) is 0 Å². The van der Waals surface area contributed by atoms with Gasteiger partial charge >= 0.3 is 0 Å². The Labute approximate surface area is 95.9 Å². The highest BCUT2D eigenvalue weighted by atomic mass is 32.1. The number of anilines is 1. The number of carbonyl (C=O) groups excluding carboxylic acids is 1. The first kappa shape index (κ1) is 10.4. The van der Waals surface area contributed by atoms with E-state index in [1.54, 1.807) is 24.0 Å². The van der Waals surface area contributed by atoms with Crippen molar-refractivity contribution >= 4 is 28.5 Å². The molecule has 0 fully saturated rings. The largest absolute Gasteiger partial charge is 0.297 e. The van der Waals surface area contributed by atoms with Crippen LogP contribution in [0.1, 0.15) is 5.56 Å². The summed E-state index contributed by atoms with van der Waals surface area (Å²) in [4.78, 5) is 15.3. The van der Waals surface area contributed by atoms with Gasteiger partial charge in [-0.15, -0.1) is 10.2 Å². The van der Waals surface area contributed by atoms with Crippen molar-refractivity contribution in [1.29, 1.82) is 0 Å². The maximum absolute atomic E-state index is 11.4. The lowest BCUT2D eigenvalue weighted by atomic mass is 10.2. The Bertz CT molecular complexity index is 481. The Balaban J connectivity index is 1.95. The summed E-state index contributed by atoms with van der Waals surface area (Å²) in [5.41, 5.74) is 2.43. The standard InChI is InChI=1S/C10H8N4OS/c15-9(13-10-14-12-7-16-10)4-3-8-2-1-5-11-6-8/h1-7H,(H,13,14,15). The monoisotopic (exact) mass is 232 g/mol. The van der Waals surface area contributed by atoms with Crippen LogP contribution >= 0.6 is 11.3 Å². The third-order valence-corrected chi connectivity index (χ3v) is 2.31. The molecule has 0 bridgehead atoms. The van der Waals surface area contributed by atoms with E-state index in [0.29, 0.717) is 5.13 Å². The Morgan fingerprint density at radius 1 is 1.50 bits per heavy atom. The number of aromatic nitrogens is 3. The zero-order valence-corrected chi connectivity index (χ0v) is 9.02. The summed E-state index contributed by atoms with van der Waals surface area (Å²) in [6, 6.07) is 3.67. The number of rotatable bonds is 3. The summed E-state index contributed by atoms with van der Waals surface area (Å²) in [5, 5.41) is 10.4. The van der Waals surface area contributed by atoms with E-state index in [-0.39, 0.29) is 5.91 Å². The molecule has 0 aromatic carbocycles. The van der Waals surface area contributed by atoms with Gasteiger partial charge in [-0.3, -0.25) is 15.1 Å². The normalized spacial score (nSPS) is 10.5. The third-order valence-electron chi connectivity index (χ3n) is 1.70. The number of nitrogens with zero attached hydrogens (tertiary/aromatic N) is 3. The minimum absolute atomic E-state index is 0.236. The van der Waals surface area contributed by atoms with Crippen molar-refractivity contribution in [2.75, 3.05) is 5.32 Å². The second kappa shape index (κ2) is 5.13. The first-order valence-electron chi connectivity index (χ1n) is 4.50. The molecule has 0 saturated heterocycles. The lowest BCUT2D eigenvalue weighted by molar-refractivity contribution is -0.111. The molecule has 16 heavy (non-hydrogen) atoms. The van der Waals surface area contributed by atoms with E-state index in [2.05, 4.69) is 20.5 Å². The molecule has 0 atom stereocenters. The fraction of sp³-hybridized carbons (Fsp3) is 0.